The molecule has 2 aromatic carbocycles. The first-order valence-corrected chi connectivity index (χ1v) is 7.73. The van der Waals surface area contributed by atoms with E-state index in [1.54, 1.807) is 0 Å². The molecule has 0 amide bonds. The van der Waals surface area contributed by atoms with Crippen LogP contribution in [0.3, 0.4) is 0 Å². The van der Waals surface area contributed by atoms with Gasteiger partial charge in [-0.2, -0.15) is 0 Å². The molecule has 0 aliphatic heterocycles. The van der Waals surface area contributed by atoms with Crippen molar-refractivity contribution < 1.29 is 0 Å². The maximum absolute atomic E-state index is 4.67. The summed E-state index contributed by atoms with van der Waals surface area (Å²) in [7, 11) is 0. The summed E-state index contributed by atoms with van der Waals surface area (Å²) in [6, 6.07) is 20.9. The zero-order chi connectivity index (χ0) is 15.6. The summed E-state index contributed by atoms with van der Waals surface area (Å²) in [5, 5.41) is 0. The molecule has 0 saturated carbocycles. The van der Waals surface area contributed by atoms with Crippen LogP contribution in [0.4, 0.5) is 0 Å². The number of nitrogens with zero attached hydrogens (tertiary/aromatic N) is 3. The average Bonchev–Trinajstić information content (AvgIpc) is 3.00. The van der Waals surface area contributed by atoms with E-state index in [4.69, 9.17) is 0 Å². The molecule has 0 unspecified atom stereocenters. The zero-order valence-corrected chi connectivity index (χ0v) is 13.0. The van der Waals surface area contributed by atoms with Crippen LogP contribution in [0.5, 0.6) is 0 Å². The largest absolute Gasteiger partial charge is 0.326 e. The molecule has 2 heterocycles. The van der Waals surface area contributed by atoms with Gasteiger partial charge in [0, 0.05) is 29.6 Å². The van der Waals surface area contributed by atoms with Crippen LogP contribution in [0.1, 0.15) is 11.3 Å². The van der Waals surface area contributed by atoms with Crippen LogP contribution in [0, 0.1) is 6.92 Å². The van der Waals surface area contributed by atoms with Gasteiger partial charge >= 0.3 is 0 Å². The molecule has 0 radical (unpaired) electrons. The van der Waals surface area contributed by atoms with E-state index in [1.165, 1.54) is 5.56 Å². The SMILES string of the molecule is Cc1ncccc1-c1cccc2c1ncn2Cc1ccccc1. The Bertz CT molecular complexity index is 955. The highest BCUT2D eigenvalue weighted by atomic mass is 15.0. The Balaban J connectivity index is 1.83. The maximum atomic E-state index is 4.67. The number of fused-ring (bicyclic) bond motifs is 1. The van der Waals surface area contributed by atoms with Gasteiger partial charge < -0.3 is 4.57 Å². The number of para-hydroxylation sites is 1. The second-order valence-electron chi connectivity index (χ2n) is 5.67. The van der Waals surface area contributed by atoms with E-state index in [9.17, 15) is 0 Å². The number of pyridine rings is 1. The molecule has 0 atom stereocenters. The summed E-state index contributed by atoms with van der Waals surface area (Å²) < 4.78 is 2.19. The van der Waals surface area contributed by atoms with Crippen molar-refractivity contribution in [2.24, 2.45) is 0 Å². The lowest BCUT2D eigenvalue weighted by Gasteiger charge is -2.07. The molecule has 0 N–H and O–H groups in total. The third-order valence-electron chi connectivity index (χ3n) is 4.14. The van der Waals surface area contributed by atoms with Crippen molar-refractivity contribution in [1.82, 2.24) is 14.5 Å². The van der Waals surface area contributed by atoms with Crippen molar-refractivity contribution in [3.05, 3.63) is 84.4 Å². The molecule has 4 aromatic rings. The van der Waals surface area contributed by atoms with E-state index in [0.717, 1.165) is 34.4 Å². The quantitative estimate of drug-likeness (QED) is 0.559. The fourth-order valence-corrected chi connectivity index (χ4v) is 2.98. The lowest BCUT2D eigenvalue weighted by atomic mass is 10.0. The Morgan fingerprint density at radius 3 is 2.48 bits per heavy atom. The van der Waals surface area contributed by atoms with Crippen molar-refractivity contribution in [2.75, 3.05) is 0 Å². The zero-order valence-electron chi connectivity index (χ0n) is 13.0. The van der Waals surface area contributed by atoms with Crippen molar-refractivity contribution in [2.45, 2.75) is 13.5 Å². The Labute approximate surface area is 135 Å². The van der Waals surface area contributed by atoms with Crippen LogP contribution in [0.25, 0.3) is 22.2 Å². The summed E-state index contributed by atoms with van der Waals surface area (Å²) in [5.41, 5.74) is 6.75. The Morgan fingerprint density at radius 1 is 0.826 bits per heavy atom. The highest BCUT2D eigenvalue weighted by Gasteiger charge is 2.11. The summed E-state index contributed by atoms with van der Waals surface area (Å²) in [5.74, 6) is 0. The van der Waals surface area contributed by atoms with Crippen LogP contribution in [-0.2, 0) is 6.54 Å². The predicted molar refractivity (Wildman–Crippen MR) is 93.2 cm³/mol. The number of hydrogen-bond acceptors (Lipinski definition) is 2. The molecule has 3 nitrogen and oxygen atoms in total. The van der Waals surface area contributed by atoms with E-state index in [-0.39, 0.29) is 0 Å². The number of benzene rings is 2. The Hall–Kier alpha value is -2.94. The molecule has 0 spiro atoms. The molecular weight excluding hydrogens is 282 g/mol. The van der Waals surface area contributed by atoms with Gasteiger partial charge in [0.2, 0.25) is 0 Å². The van der Waals surface area contributed by atoms with Gasteiger partial charge in [-0.3, -0.25) is 4.98 Å². The topological polar surface area (TPSA) is 30.7 Å². The van der Waals surface area contributed by atoms with Crippen LogP contribution in [-0.4, -0.2) is 14.5 Å². The summed E-state index contributed by atoms with van der Waals surface area (Å²) in [6.45, 7) is 2.86. The maximum Gasteiger partial charge on any atom is 0.0963 e. The smallest absolute Gasteiger partial charge is 0.0963 e. The second-order valence-corrected chi connectivity index (χ2v) is 5.67. The highest BCUT2D eigenvalue weighted by Crippen LogP contribution is 2.29. The minimum Gasteiger partial charge on any atom is -0.326 e. The fourth-order valence-electron chi connectivity index (χ4n) is 2.98. The third kappa shape index (κ3) is 2.50. The first kappa shape index (κ1) is 13.7. The van der Waals surface area contributed by atoms with Crippen LogP contribution in [0.2, 0.25) is 0 Å². The lowest BCUT2D eigenvalue weighted by molar-refractivity contribution is 0.824. The molecule has 0 aliphatic rings. The van der Waals surface area contributed by atoms with Crippen LogP contribution >= 0.6 is 0 Å². The monoisotopic (exact) mass is 299 g/mol. The van der Waals surface area contributed by atoms with E-state index < -0.39 is 0 Å². The van der Waals surface area contributed by atoms with Gasteiger partial charge in [-0.15, -0.1) is 0 Å². The van der Waals surface area contributed by atoms with Gasteiger partial charge in [-0.05, 0) is 24.6 Å². The molecule has 0 aliphatic carbocycles. The van der Waals surface area contributed by atoms with Gasteiger partial charge in [0.1, 0.15) is 0 Å². The van der Waals surface area contributed by atoms with Crippen LogP contribution in [0.15, 0.2) is 73.2 Å². The number of rotatable bonds is 3. The van der Waals surface area contributed by atoms with Crippen molar-refractivity contribution >= 4 is 11.0 Å². The van der Waals surface area contributed by atoms with Crippen molar-refractivity contribution in [3.8, 4) is 11.1 Å². The van der Waals surface area contributed by atoms with Crippen molar-refractivity contribution in [3.63, 3.8) is 0 Å². The van der Waals surface area contributed by atoms with Crippen molar-refractivity contribution in [1.29, 1.82) is 0 Å². The van der Waals surface area contributed by atoms with E-state index in [1.807, 2.05) is 31.6 Å². The second kappa shape index (κ2) is 5.69. The molecule has 0 fully saturated rings. The van der Waals surface area contributed by atoms with Gasteiger partial charge in [0.05, 0.1) is 17.4 Å². The Morgan fingerprint density at radius 2 is 1.65 bits per heavy atom. The molecule has 0 saturated heterocycles. The molecular formula is C20H17N3. The molecule has 112 valence electrons. The number of imidazole rings is 1. The first-order chi connectivity index (χ1) is 11.3. The van der Waals surface area contributed by atoms with E-state index in [0.29, 0.717) is 0 Å². The number of hydrogen-bond donors (Lipinski definition) is 0. The van der Waals surface area contributed by atoms with Gasteiger partial charge in [0.25, 0.3) is 0 Å². The van der Waals surface area contributed by atoms with E-state index in [2.05, 4.69) is 63.1 Å². The standard InChI is InChI=1S/C20H17N3/c1-15-17(10-6-12-21-15)18-9-5-11-19-20(18)22-14-23(19)13-16-7-3-2-4-8-16/h2-12,14H,13H2,1H3. The third-order valence-corrected chi connectivity index (χ3v) is 4.14. The minimum absolute atomic E-state index is 0.826. The average molecular weight is 299 g/mol. The molecule has 3 heteroatoms. The minimum atomic E-state index is 0.826. The molecule has 2 aromatic heterocycles. The summed E-state index contributed by atoms with van der Waals surface area (Å²) in [6.07, 6.45) is 3.75. The summed E-state index contributed by atoms with van der Waals surface area (Å²) in [4.78, 5) is 9.07. The number of aryl methyl sites for hydroxylation is 1. The van der Waals surface area contributed by atoms with E-state index >= 15 is 0 Å². The fraction of sp³-hybridized carbons (Fsp3) is 0.100. The molecule has 4 rings (SSSR count). The highest BCUT2D eigenvalue weighted by molar-refractivity contribution is 5.92. The molecule has 23 heavy (non-hydrogen) atoms. The lowest BCUT2D eigenvalue weighted by Crippen LogP contribution is -1.97. The predicted octanol–water partition coefficient (Wildman–Crippen LogP) is 4.46. The van der Waals surface area contributed by atoms with Gasteiger partial charge in [0.15, 0.2) is 0 Å². The summed E-state index contributed by atoms with van der Waals surface area (Å²) >= 11 is 0. The van der Waals surface area contributed by atoms with Gasteiger partial charge in [-0.1, -0.05) is 48.5 Å². The normalized spacial score (nSPS) is 11.0. The molecule has 0 bridgehead atoms. The number of aromatic nitrogens is 3. The Kier molecular flexibility index (Phi) is 3.39. The van der Waals surface area contributed by atoms with Gasteiger partial charge in [-0.25, -0.2) is 4.98 Å². The van der Waals surface area contributed by atoms with Crippen LogP contribution < -0.4 is 0 Å². The first-order valence-electron chi connectivity index (χ1n) is 7.73.